The van der Waals surface area contributed by atoms with Gasteiger partial charge in [-0.3, -0.25) is 4.79 Å². The highest BCUT2D eigenvalue weighted by Gasteiger charge is 2.39. The lowest BCUT2D eigenvalue weighted by atomic mass is 9.99. The van der Waals surface area contributed by atoms with Crippen LogP contribution in [0.4, 0.5) is 0 Å². The molecule has 2 heterocycles. The Morgan fingerprint density at radius 1 is 1.24 bits per heavy atom. The number of amides is 1. The van der Waals surface area contributed by atoms with Crippen molar-refractivity contribution in [1.82, 2.24) is 9.62 Å². The Kier molecular flexibility index (Phi) is 7.40. The van der Waals surface area contributed by atoms with Crippen LogP contribution in [-0.2, 0) is 14.8 Å². The highest BCUT2D eigenvalue weighted by atomic mass is 32.2. The SMILES string of the molecule is CCCC[C@H](CC)CNC(=O)[C@@H]1CCCN1S(=O)(=O)c1ccc2c(c1)OCCO2. The third-order valence-corrected chi connectivity index (χ3v) is 7.64. The van der Waals surface area contributed by atoms with Crippen LogP contribution in [0.5, 0.6) is 11.5 Å². The third kappa shape index (κ3) is 5.04. The Labute approximate surface area is 173 Å². The van der Waals surface area contributed by atoms with Gasteiger partial charge in [0.1, 0.15) is 19.3 Å². The minimum atomic E-state index is -3.79. The molecule has 0 saturated carbocycles. The van der Waals surface area contributed by atoms with Crippen LogP contribution in [0.25, 0.3) is 0 Å². The van der Waals surface area contributed by atoms with Crippen LogP contribution < -0.4 is 14.8 Å². The quantitative estimate of drug-likeness (QED) is 0.659. The van der Waals surface area contributed by atoms with E-state index in [0.717, 1.165) is 25.7 Å². The van der Waals surface area contributed by atoms with Crippen molar-refractivity contribution in [1.29, 1.82) is 0 Å². The molecule has 2 aliphatic rings. The van der Waals surface area contributed by atoms with E-state index >= 15 is 0 Å². The van der Waals surface area contributed by atoms with E-state index in [0.29, 0.717) is 56.6 Å². The van der Waals surface area contributed by atoms with Crippen LogP contribution >= 0.6 is 0 Å². The molecule has 0 aromatic heterocycles. The van der Waals surface area contributed by atoms with E-state index in [2.05, 4.69) is 19.2 Å². The van der Waals surface area contributed by atoms with Crippen molar-refractivity contribution in [2.75, 3.05) is 26.3 Å². The van der Waals surface area contributed by atoms with Gasteiger partial charge in [-0.25, -0.2) is 8.42 Å². The molecule has 1 aromatic carbocycles. The Hall–Kier alpha value is -1.80. The molecule has 2 aliphatic heterocycles. The molecule has 2 atom stereocenters. The van der Waals surface area contributed by atoms with Gasteiger partial charge in [0.05, 0.1) is 4.90 Å². The number of carbonyl (C=O) groups excluding carboxylic acids is 1. The van der Waals surface area contributed by atoms with Crippen molar-refractivity contribution in [3.05, 3.63) is 18.2 Å². The first-order valence-corrected chi connectivity index (χ1v) is 12.1. The molecule has 0 aliphatic carbocycles. The number of fused-ring (bicyclic) bond motifs is 1. The van der Waals surface area contributed by atoms with Crippen LogP contribution in [0.15, 0.2) is 23.1 Å². The lowest BCUT2D eigenvalue weighted by molar-refractivity contribution is -0.124. The predicted octanol–water partition coefficient (Wildman–Crippen LogP) is 2.94. The molecular weight excluding hydrogens is 392 g/mol. The van der Waals surface area contributed by atoms with Gasteiger partial charge in [0.15, 0.2) is 11.5 Å². The lowest BCUT2D eigenvalue weighted by Crippen LogP contribution is -2.46. The summed E-state index contributed by atoms with van der Waals surface area (Å²) in [5.74, 6) is 1.21. The number of hydrogen-bond acceptors (Lipinski definition) is 5. The van der Waals surface area contributed by atoms with Crippen LogP contribution in [0.2, 0.25) is 0 Å². The molecule has 162 valence electrons. The van der Waals surface area contributed by atoms with E-state index in [9.17, 15) is 13.2 Å². The van der Waals surface area contributed by atoms with Gasteiger partial charge in [0.2, 0.25) is 15.9 Å². The zero-order chi connectivity index (χ0) is 20.9. The highest BCUT2D eigenvalue weighted by molar-refractivity contribution is 7.89. The fraction of sp³-hybridized carbons (Fsp3) is 0.667. The van der Waals surface area contributed by atoms with E-state index in [1.807, 2.05) is 0 Å². The minimum absolute atomic E-state index is 0.135. The second-order valence-corrected chi connectivity index (χ2v) is 9.63. The number of benzene rings is 1. The summed E-state index contributed by atoms with van der Waals surface area (Å²) in [5, 5.41) is 3.00. The van der Waals surface area contributed by atoms with Crippen molar-refractivity contribution in [2.45, 2.75) is 63.3 Å². The number of carbonyl (C=O) groups is 1. The van der Waals surface area contributed by atoms with Gasteiger partial charge in [-0.15, -0.1) is 0 Å². The maximum Gasteiger partial charge on any atom is 0.243 e. The predicted molar refractivity (Wildman–Crippen MR) is 111 cm³/mol. The molecule has 1 aromatic rings. The largest absolute Gasteiger partial charge is 0.486 e. The summed E-state index contributed by atoms with van der Waals surface area (Å²) >= 11 is 0. The van der Waals surface area contributed by atoms with Crippen molar-refractivity contribution < 1.29 is 22.7 Å². The van der Waals surface area contributed by atoms with Crippen molar-refractivity contribution >= 4 is 15.9 Å². The summed E-state index contributed by atoms with van der Waals surface area (Å²) in [5.41, 5.74) is 0. The van der Waals surface area contributed by atoms with E-state index in [-0.39, 0.29) is 10.8 Å². The average molecular weight is 425 g/mol. The summed E-state index contributed by atoms with van der Waals surface area (Å²) in [7, 11) is -3.79. The van der Waals surface area contributed by atoms with Gasteiger partial charge in [0.25, 0.3) is 0 Å². The Bertz CT molecular complexity index is 811. The summed E-state index contributed by atoms with van der Waals surface area (Å²) in [6.07, 6.45) is 5.58. The molecule has 0 spiro atoms. The molecule has 8 heteroatoms. The average Bonchev–Trinajstić information content (AvgIpc) is 3.24. The number of nitrogens with zero attached hydrogens (tertiary/aromatic N) is 1. The summed E-state index contributed by atoms with van der Waals surface area (Å²) in [6.45, 7) is 6.07. The molecule has 0 radical (unpaired) electrons. The van der Waals surface area contributed by atoms with E-state index in [4.69, 9.17) is 9.47 Å². The van der Waals surface area contributed by atoms with Crippen LogP contribution in [0.3, 0.4) is 0 Å². The fourth-order valence-corrected chi connectivity index (χ4v) is 5.59. The van der Waals surface area contributed by atoms with Crippen molar-refractivity contribution in [2.24, 2.45) is 5.92 Å². The molecule has 3 rings (SSSR count). The molecule has 0 bridgehead atoms. The zero-order valence-electron chi connectivity index (χ0n) is 17.4. The Morgan fingerprint density at radius 2 is 2.00 bits per heavy atom. The molecular formula is C21H32N2O5S. The van der Waals surface area contributed by atoms with Crippen LogP contribution in [0, 0.1) is 5.92 Å². The zero-order valence-corrected chi connectivity index (χ0v) is 18.2. The van der Waals surface area contributed by atoms with E-state index < -0.39 is 16.1 Å². The summed E-state index contributed by atoms with van der Waals surface area (Å²) < 4.78 is 38.8. The molecule has 0 unspecified atom stereocenters. The standard InChI is InChI=1S/C21H32N2O5S/c1-3-5-7-16(4-2)15-22-21(24)18-8-6-11-23(18)29(25,26)17-9-10-19-20(14-17)28-13-12-27-19/h9-10,14,16,18H,3-8,11-13,15H2,1-2H3,(H,22,24)/t16-,18-/m0/s1. The number of rotatable bonds is 9. The van der Waals surface area contributed by atoms with Gasteiger partial charge in [-0.2, -0.15) is 4.31 Å². The maximum atomic E-state index is 13.2. The fourth-order valence-electron chi connectivity index (χ4n) is 3.92. The summed E-state index contributed by atoms with van der Waals surface area (Å²) in [6, 6.07) is 3.98. The second-order valence-electron chi connectivity index (χ2n) is 7.74. The minimum Gasteiger partial charge on any atom is -0.486 e. The van der Waals surface area contributed by atoms with Crippen molar-refractivity contribution in [3.8, 4) is 11.5 Å². The van der Waals surface area contributed by atoms with E-state index in [1.54, 1.807) is 6.07 Å². The number of nitrogens with one attached hydrogen (secondary N) is 1. The first kappa shape index (κ1) is 21.9. The highest BCUT2D eigenvalue weighted by Crippen LogP contribution is 2.34. The lowest BCUT2D eigenvalue weighted by Gasteiger charge is -2.25. The molecule has 29 heavy (non-hydrogen) atoms. The first-order chi connectivity index (χ1) is 14.0. The molecule has 1 N–H and O–H groups in total. The first-order valence-electron chi connectivity index (χ1n) is 10.7. The van der Waals surface area contributed by atoms with Gasteiger partial charge in [0, 0.05) is 19.2 Å². The van der Waals surface area contributed by atoms with Crippen molar-refractivity contribution in [3.63, 3.8) is 0 Å². The number of unbranched alkanes of at least 4 members (excludes halogenated alkanes) is 1. The smallest absolute Gasteiger partial charge is 0.243 e. The van der Waals surface area contributed by atoms with Gasteiger partial charge in [-0.05, 0) is 37.3 Å². The van der Waals surface area contributed by atoms with Gasteiger partial charge < -0.3 is 14.8 Å². The molecule has 1 amide bonds. The van der Waals surface area contributed by atoms with Gasteiger partial charge in [-0.1, -0.05) is 33.1 Å². The molecule has 1 fully saturated rings. The summed E-state index contributed by atoms with van der Waals surface area (Å²) in [4.78, 5) is 12.9. The number of sulfonamides is 1. The Balaban J connectivity index is 1.69. The topological polar surface area (TPSA) is 84.9 Å². The molecule has 7 nitrogen and oxygen atoms in total. The normalized spacial score (nSPS) is 20.4. The third-order valence-electron chi connectivity index (χ3n) is 5.73. The Morgan fingerprint density at radius 3 is 2.72 bits per heavy atom. The maximum absolute atomic E-state index is 13.2. The van der Waals surface area contributed by atoms with E-state index in [1.165, 1.54) is 16.4 Å². The van der Waals surface area contributed by atoms with Gasteiger partial charge >= 0.3 is 0 Å². The van der Waals surface area contributed by atoms with Crippen LogP contribution in [-0.4, -0.2) is 51.0 Å². The van der Waals surface area contributed by atoms with Crippen LogP contribution in [0.1, 0.15) is 52.4 Å². The molecule has 1 saturated heterocycles. The second kappa shape index (κ2) is 9.80. The number of ether oxygens (including phenoxy) is 2. The monoisotopic (exact) mass is 424 g/mol. The number of hydrogen-bond donors (Lipinski definition) is 1.